The van der Waals surface area contributed by atoms with Gasteiger partial charge in [-0.05, 0) is 37.4 Å². The Hall–Kier alpha value is -1.29. The van der Waals surface area contributed by atoms with Gasteiger partial charge in [-0.15, -0.1) is 0 Å². The van der Waals surface area contributed by atoms with Crippen LogP contribution in [0, 0.1) is 5.92 Å². The zero-order valence-corrected chi connectivity index (χ0v) is 12.7. The van der Waals surface area contributed by atoms with E-state index in [0.717, 1.165) is 44.0 Å². The summed E-state index contributed by atoms with van der Waals surface area (Å²) in [4.78, 5) is 14.1. The number of amides is 1. The van der Waals surface area contributed by atoms with E-state index in [-0.39, 0.29) is 5.91 Å². The van der Waals surface area contributed by atoms with Crippen LogP contribution in [0.1, 0.15) is 51.1 Å². The number of nitrogens with one attached hydrogen (secondary N) is 1. The van der Waals surface area contributed by atoms with E-state index in [2.05, 4.69) is 19.2 Å². The molecule has 4 nitrogen and oxygen atoms in total. The smallest absolute Gasteiger partial charge is 0.222 e. The zero-order valence-electron chi connectivity index (χ0n) is 12.7. The van der Waals surface area contributed by atoms with Crippen molar-refractivity contribution >= 4 is 5.91 Å². The van der Waals surface area contributed by atoms with Gasteiger partial charge < -0.3 is 14.6 Å². The number of likely N-dealkylation sites (tertiary alicyclic amines) is 1. The van der Waals surface area contributed by atoms with Crippen LogP contribution in [0.4, 0.5) is 0 Å². The van der Waals surface area contributed by atoms with Crippen LogP contribution in [0.3, 0.4) is 0 Å². The summed E-state index contributed by atoms with van der Waals surface area (Å²) in [5.74, 6) is 2.80. The predicted molar refractivity (Wildman–Crippen MR) is 79.1 cm³/mol. The molecule has 1 aliphatic rings. The molecular weight excluding hydrogens is 252 g/mol. The van der Waals surface area contributed by atoms with Crippen molar-refractivity contribution in [2.24, 2.45) is 5.92 Å². The summed E-state index contributed by atoms with van der Waals surface area (Å²) in [6, 6.07) is 3.98. The van der Waals surface area contributed by atoms with Crippen molar-refractivity contribution in [3.05, 3.63) is 23.7 Å². The first-order chi connectivity index (χ1) is 9.72. The standard InChI is InChI=1S/C16H26N2O2/c1-3-13-5-8-16(19)18(10-9-13)12-15-7-6-14(20-15)11-17-4-2/h6-7,13,17H,3-5,8-12H2,1-2H3. The minimum Gasteiger partial charge on any atom is -0.463 e. The number of hydrogen-bond donors (Lipinski definition) is 1. The molecule has 1 atom stereocenters. The second-order valence-electron chi connectivity index (χ2n) is 5.57. The van der Waals surface area contributed by atoms with Gasteiger partial charge in [-0.3, -0.25) is 4.79 Å². The largest absolute Gasteiger partial charge is 0.463 e. The molecule has 4 heteroatoms. The lowest BCUT2D eigenvalue weighted by Gasteiger charge is -2.19. The third-order valence-electron chi connectivity index (χ3n) is 4.12. The van der Waals surface area contributed by atoms with Gasteiger partial charge in [0.05, 0.1) is 13.1 Å². The van der Waals surface area contributed by atoms with Gasteiger partial charge in [0.2, 0.25) is 5.91 Å². The molecule has 0 saturated carbocycles. The van der Waals surface area contributed by atoms with Crippen molar-refractivity contribution in [3.63, 3.8) is 0 Å². The Labute approximate surface area is 121 Å². The summed E-state index contributed by atoms with van der Waals surface area (Å²) >= 11 is 0. The van der Waals surface area contributed by atoms with E-state index in [9.17, 15) is 4.79 Å². The third-order valence-corrected chi connectivity index (χ3v) is 4.12. The van der Waals surface area contributed by atoms with Gasteiger partial charge in [0, 0.05) is 13.0 Å². The molecule has 0 spiro atoms. The Kier molecular flexibility index (Phi) is 5.65. The first-order valence-electron chi connectivity index (χ1n) is 7.79. The summed E-state index contributed by atoms with van der Waals surface area (Å²) in [6.07, 6.45) is 4.01. The first kappa shape index (κ1) is 15.1. The lowest BCUT2D eigenvalue weighted by molar-refractivity contribution is -0.131. The highest BCUT2D eigenvalue weighted by atomic mass is 16.3. The SMILES string of the molecule is CCNCc1ccc(CN2CCC(CC)CCC2=O)o1. The number of carbonyl (C=O) groups is 1. The van der Waals surface area contributed by atoms with Crippen LogP contribution in [-0.4, -0.2) is 23.9 Å². The molecule has 1 aromatic heterocycles. The molecule has 0 aliphatic carbocycles. The Balaban J connectivity index is 1.91. The highest BCUT2D eigenvalue weighted by molar-refractivity contribution is 5.76. The second-order valence-corrected chi connectivity index (χ2v) is 5.57. The maximum absolute atomic E-state index is 12.1. The lowest BCUT2D eigenvalue weighted by Crippen LogP contribution is -2.29. The van der Waals surface area contributed by atoms with Crippen molar-refractivity contribution in [3.8, 4) is 0 Å². The molecular formula is C16H26N2O2. The Morgan fingerprint density at radius 1 is 1.30 bits per heavy atom. The molecule has 20 heavy (non-hydrogen) atoms. The van der Waals surface area contributed by atoms with Crippen LogP contribution in [0.2, 0.25) is 0 Å². The molecule has 1 unspecified atom stereocenters. The number of rotatable bonds is 6. The number of hydrogen-bond acceptors (Lipinski definition) is 3. The van der Waals surface area contributed by atoms with Crippen LogP contribution >= 0.6 is 0 Å². The molecule has 1 amide bonds. The number of furan rings is 1. The minimum atomic E-state index is 0.269. The van der Waals surface area contributed by atoms with Gasteiger partial charge in [0.15, 0.2) is 0 Å². The molecule has 2 heterocycles. The van der Waals surface area contributed by atoms with Crippen molar-refractivity contribution < 1.29 is 9.21 Å². The Morgan fingerprint density at radius 3 is 2.85 bits per heavy atom. The fourth-order valence-electron chi connectivity index (χ4n) is 2.71. The summed E-state index contributed by atoms with van der Waals surface area (Å²) in [6.45, 7) is 7.44. The van der Waals surface area contributed by atoms with E-state index in [0.29, 0.717) is 18.9 Å². The highest BCUT2D eigenvalue weighted by Crippen LogP contribution is 2.22. The van der Waals surface area contributed by atoms with E-state index in [1.807, 2.05) is 17.0 Å². The van der Waals surface area contributed by atoms with Gasteiger partial charge in [-0.1, -0.05) is 20.3 Å². The van der Waals surface area contributed by atoms with Crippen LogP contribution in [0.5, 0.6) is 0 Å². The van der Waals surface area contributed by atoms with Crippen LogP contribution in [-0.2, 0) is 17.9 Å². The number of carbonyl (C=O) groups excluding carboxylic acids is 1. The highest BCUT2D eigenvalue weighted by Gasteiger charge is 2.22. The van der Waals surface area contributed by atoms with E-state index in [4.69, 9.17) is 4.42 Å². The predicted octanol–water partition coefficient (Wildman–Crippen LogP) is 2.93. The van der Waals surface area contributed by atoms with Gasteiger partial charge in [-0.2, -0.15) is 0 Å². The normalized spacial score (nSPS) is 20.2. The third kappa shape index (κ3) is 4.10. The molecule has 2 rings (SSSR count). The van der Waals surface area contributed by atoms with Gasteiger partial charge in [-0.25, -0.2) is 0 Å². The topological polar surface area (TPSA) is 45.5 Å². The molecule has 0 aromatic carbocycles. The molecule has 1 fully saturated rings. The molecule has 112 valence electrons. The van der Waals surface area contributed by atoms with Crippen molar-refractivity contribution in [1.82, 2.24) is 10.2 Å². The van der Waals surface area contributed by atoms with Gasteiger partial charge in [0.25, 0.3) is 0 Å². The molecule has 0 bridgehead atoms. The first-order valence-corrected chi connectivity index (χ1v) is 7.79. The molecule has 1 aromatic rings. The zero-order chi connectivity index (χ0) is 14.4. The molecule has 1 aliphatic heterocycles. The van der Waals surface area contributed by atoms with E-state index in [1.165, 1.54) is 6.42 Å². The second kappa shape index (κ2) is 7.48. The summed E-state index contributed by atoms with van der Waals surface area (Å²) in [5, 5.41) is 3.24. The average Bonchev–Trinajstić information content (AvgIpc) is 2.83. The maximum Gasteiger partial charge on any atom is 0.222 e. The summed E-state index contributed by atoms with van der Waals surface area (Å²) < 4.78 is 5.77. The van der Waals surface area contributed by atoms with Gasteiger partial charge >= 0.3 is 0 Å². The van der Waals surface area contributed by atoms with Crippen LogP contribution < -0.4 is 5.32 Å². The average molecular weight is 278 g/mol. The molecule has 1 saturated heterocycles. The van der Waals surface area contributed by atoms with Crippen LogP contribution in [0.15, 0.2) is 16.5 Å². The van der Waals surface area contributed by atoms with Gasteiger partial charge in [0.1, 0.15) is 11.5 Å². The fraction of sp³-hybridized carbons (Fsp3) is 0.688. The van der Waals surface area contributed by atoms with Crippen molar-refractivity contribution in [1.29, 1.82) is 0 Å². The molecule has 0 radical (unpaired) electrons. The van der Waals surface area contributed by atoms with E-state index in [1.54, 1.807) is 0 Å². The monoisotopic (exact) mass is 278 g/mol. The molecule has 1 N–H and O–H groups in total. The van der Waals surface area contributed by atoms with Crippen LogP contribution in [0.25, 0.3) is 0 Å². The van der Waals surface area contributed by atoms with Crippen molar-refractivity contribution in [2.75, 3.05) is 13.1 Å². The Bertz CT molecular complexity index is 428. The Morgan fingerprint density at radius 2 is 2.10 bits per heavy atom. The quantitative estimate of drug-likeness (QED) is 0.870. The van der Waals surface area contributed by atoms with Crippen molar-refractivity contribution in [2.45, 2.75) is 52.6 Å². The van der Waals surface area contributed by atoms with E-state index >= 15 is 0 Å². The van der Waals surface area contributed by atoms with E-state index < -0.39 is 0 Å². The number of nitrogens with zero attached hydrogens (tertiary/aromatic N) is 1. The summed E-state index contributed by atoms with van der Waals surface area (Å²) in [7, 11) is 0. The minimum absolute atomic E-state index is 0.269. The fourth-order valence-corrected chi connectivity index (χ4v) is 2.71. The summed E-state index contributed by atoms with van der Waals surface area (Å²) in [5.41, 5.74) is 0. The lowest BCUT2D eigenvalue weighted by atomic mass is 9.98. The maximum atomic E-state index is 12.1.